The Morgan fingerprint density at radius 3 is 2.25 bits per heavy atom. The molecule has 0 amide bonds. The summed E-state index contributed by atoms with van der Waals surface area (Å²) in [4.78, 5) is 6.74. The highest BCUT2D eigenvalue weighted by Gasteiger charge is 2.39. The summed E-state index contributed by atoms with van der Waals surface area (Å²) in [5.41, 5.74) is -3.33. The molecule has 1 heterocycles. The number of rotatable bonds is 1. The van der Waals surface area contributed by atoms with Crippen LogP contribution in [0, 0.1) is 5.92 Å². The summed E-state index contributed by atoms with van der Waals surface area (Å²) < 4.78 is 78.3. The lowest BCUT2D eigenvalue weighted by molar-refractivity contribution is -0.142. The summed E-state index contributed by atoms with van der Waals surface area (Å²) in [6.45, 7) is 1.99. The van der Waals surface area contributed by atoms with Crippen molar-refractivity contribution in [3.8, 4) is 0 Å². The largest absolute Gasteiger partial charge is 0.418 e. The third kappa shape index (κ3) is 3.10. The second-order valence-corrected chi connectivity index (χ2v) is 6.41. The van der Waals surface area contributed by atoms with Crippen molar-refractivity contribution in [2.24, 2.45) is 5.92 Å². The fraction of sp³-hybridized carbons (Fsp3) is 0.562. The molecule has 2 nitrogen and oxygen atoms in total. The van der Waals surface area contributed by atoms with E-state index in [0.29, 0.717) is 11.9 Å². The van der Waals surface area contributed by atoms with Gasteiger partial charge in [0.05, 0.1) is 16.6 Å². The first kappa shape index (κ1) is 17.1. The lowest BCUT2D eigenvalue weighted by Crippen LogP contribution is -2.16. The Labute approximate surface area is 134 Å². The number of nitrogens with zero attached hydrogens (tertiary/aromatic N) is 1. The number of hydrogen-bond donors (Lipinski definition) is 1. The zero-order valence-electron chi connectivity index (χ0n) is 12.9. The van der Waals surface area contributed by atoms with Crippen molar-refractivity contribution in [1.82, 2.24) is 9.97 Å². The van der Waals surface area contributed by atoms with E-state index in [1.54, 1.807) is 0 Å². The van der Waals surface area contributed by atoms with E-state index in [0.717, 1.165) is 25.7 Å². The minimum Gasteiger partial charge on any atom is -0.342 e. The number of benzene rings is 1. The van der Waals surface area contributed by atoms with E-state index in [1.165, 1.54) is 0 Å². The van der Waals surface area contributed by atoms with Gasteiger partial charge in [-0.2, -0.15) is 26.3 Å². The van der Waals surface area contributed by atoms with Gasteiger partial charge in [-0.05, 0) is 24.5 Å². The molecule has 3 rings (SSSR count). The van der Waals surface area contributed by atoms with Crippen molar-refractivity contribution in [2.45, 2.75) is 50.9 Å². The molecule has 24 heavy (non-hydrogen) atoms. The normalized spacial score (nSPS) is 23.0. The molecule has 2 aromatic rings. The van der Waals surface area contributed by atoms with E-state index in [1.807, 2.05) is 6.92 Å². The molecule has 2 unspecified atom stereocenters. The molecular weight excluding hydrogens is 334 g/mol. The average molecular weight is 350 g/mol. The van der Waals surface area contributed by atoms with Gasteiger partial charge in [-0.3, -0.25) is 0 Å². The predicted molar refractivity (Wildman–Crippen MR) is 76.5 cm³/mol. The van der Waals surface area contributed by atoms with Gasteiger partial charge < -0.3 is 4.98 Å². The maximum atomic E-state index is 13.2. The highest BCUT2D eigenvalue weighted by molar-refractivity contribution is 5.80. The van der Waals surface area contributed by atoms with Gasteiger partial charge in [0.2, 0.25) is 0 Å². The quantitative estimate of drug-likeness (QED) is 0.638. The van der Waals surface area contributed by atoms with Crippen molar-refractivity contribution in [2.75, 3.05) is 0 Å². The van der Waals surface area contributed by atoms with Crippen LogP contribution in [-0.2, 0) is 12.4 Å². The molecule has 0 saturated heterocycles. The fourth-order valence-corrected chi connectivity index (χ4v) is 3.41. The molecule has 1 fully saturated rings. The molecule has 132 valence electrons. The highest BCUT2D eigenvalue weighted by Crippen LogP contribution is 2.41. The molecule has 0 radical (unpaired) electrons. The summed E-state index contributed by atoms with van der Waals surface area (Å²) >= 11 is 0. The predicted octanol–water partition coefficient (Wildman–Crippen LogP) is 5.89. The molecule has 1 N–H and O–H groups in total. The smallest absolute Gasteiger partial charge is 0.342 e. The summed E-state index contributed by atoms with van der Waals surface area (Å²) in [7, 11) is 0. The summed E-state index contributed by atoms with van der Waals surface area (Å²) in [5, 5.41) is 0. The lowest BCUT2D eigenvalue weighted by atomic mass is 9.80. The maximum absolute atomic E-state index is 13.2. The van der Waals surface area contributed by atoms with E-state index in [9.17, 15) is 26.3 Å². The van der Waals surface area contributed by atoms with Crippen molar-refractivity contribution in [3.05, 3.63) is 29.1 Å². The standard InChI is InChI=1S/C16H16F6N2/c1-8-4-2-3-5-10(8)14-23-12-7-9(15(17,18)19)6-11(13(12)24-14)16(20,21)22/h6-8,10H,2-5H2,1H3,(H,23,24). The summed E-state index contributed by atoms with van der Waals surface area (Å²) in [6, 6.07) is 0.839. The van der Waals surface area contributed by atoms with Crippen molar-refractivity contribution >= 4 is 11.0 Å². The molecular formula is C16H16F6N2. The van der Waals surface area contributed by atoms with Crippen LogP contribution < -0.4 is 0 Å². The molecule has 1 saturated carbocycles. The molecule has 1 aromatic heterocycles. The number of aromatic amines is 1. The Bertz CT molecular complexity index is 743. The zero-order chi connectivity index (χ0) is 17.7. The number of hydrogen-bond acceptors (Lipinski definition) is 1. The minimum absolute atomic E-state index is 0.0541. The Hall–Kier alpha value is -1.73. The minimum atomic E-state index is -4.90. The molecule has 0 spiro atoms. The van der Waals surface area contributed by atoms with Crippen molar-refractivity contribution in [1.29, 1.82) is 0 Å². The number of nitrogens with one attached hydrogen (secondary N) is 1. The van der Waals surface area contributed by atoms with Crippen molar-refractivity contribution in [3.63, 3.8) is 0 Å². The van der Waals surface area contributed by atoms with Crippen LogP contribution in [-0.4, -0.2) is 9.97 Å². The van der Waals surface area contributed by atoms with Crippen LogP contribution in [0.5, 0.6) is 0 Å². The molecule has 1 aromatic carbocycles. The van der Waals surface area contributed by atoms with Gasteiger partial charge in [0.15, 0.2) is 0 Å². The van der Waals surface area contributed by atoms with Gasteiger partial charge in [0.25, 0.3) is 0 Å². The van der Waals surface area contributed by atoms with E-state index in [2.05, 4.69) is 9.97 Å². The maximum Gasteiger partial charge on any atom is 0.418 e. The first-order valence-corrected chi connectivity index (χ1v) is 7.75. The first-order valence-electron chi connectivity index (χ1n) is 7.75. The first-order chi connectivity index (χ1) is 11.1. The Morgan fingerprint density at radius 2 is 1.67 bits per heavy atom. The number of fused-ring (bicyclic) bond motifs is 1. The van der Waals surface area contributed by atoms with E-state index < -0.39 is 29.0 Å². The van der Waals surface area contributed by atoms with Crippen LogP contribution in [0.1, 0.15) is 55.5 Å². The van der Waals surface area contributed by atoms with E-state index in [4.69, 9.17) is 0 Å². The monoisotopic (exact) mass is 350 g/mol. The van der Waals surface area contributed by atoms with Crippen LogP contribution in [0.3, 0.4) is 0 Å². The van der Waals surface area contributed by atoms with Crippen LogP contribution >= 0.6 is 0 Å². The Kier molecular flexibility index (Phi) is 4.04. The molecule has 2 atom stereocenters. The third-order valence-corrected chi connectivity index (χ3v) is 4.70. The molecule has 0 bridgehead atoms. The van der Waals surface area contributed by atoms with Crippen LogP contribution in [0.15, 0.2) is 12.1 Å². The number of alkyl halides is 6. The van der Waals surface area contributed by atoms with Gasteiger partial charge in [-0.1, -0.05) is 26.2 Å². The van der Waals surface area contributed by atoms with E-state index >= 15 is 0 Å². The van der Waals surface area contributed by atoms with Gasteiger partial charge >= 0.3 is 12.4 Å². The summed E-state index contributed by atoms with van der Waals surface area (Å²) in [5.74, 6) is 0.527. The third-order valence-electron chi connectivity index (χ3n) is 4.70. The zero-order valence-corrected chi connectivity index (χ0v) is 12.9. The highest BCUT2D eigenvalue weighted by atomic mass is 19.4. The number of imidazole rings is 1. The van der Waals surface area contributed by atoms with Crippen LogP contribution in [0.25, 0.3) is 11.0 Å². The second-order valence-electron chi connectivity index (χ2n) is 6.41. The topological polar surface area (TPSA) is 28.7 Å². The van der Waals surface area contributed by atoms with Gasteiger partial charge in [0, 0.05) is 5.92 Å². The SMILES string of the molecule is CC1CCCCC1c1nc2c(C(F)(F)F)cc(C(F)(F)F)cc2[nH]1. The van der Waals surface area contributed by atoms with Crippen LogP contribution in [0.4, 0.5) is 26.3 Å². The second kappa shape index (κ2) is 5.67. The van der Waals surface area contributed by atoms with Gasteiger partial charge in [-0.25, -0.2) is 4.98 Å². The number of halogens is 6. The van der Waals surface area contributed by atoms with Gasteiger partial charge in [-0.15, -0.1) is 0 Å². The molecule has 1 aliphatic rings. The molecule has 0 aliphatic heterocycles. The number of H-pyrrole nitrogens is 1. The van der Waals surface area contributed by atoms with E-state index in [-0.39, 0.29) is 23.4 Å². The summed E-state index contributed by atoms with van der Waals surface area (Å²) in [6.07, 6.45) is -6.06. The average Bonchev–Trinajstić information content (AvgIpc) is 2.88. The fourth-order valence-electron chi connectivity index (χ4n) is 3.41. The van der Waals surface area contributed by atoms with Crippen LogP contribution in [0.2, 0.25) is 0 Å². The number of aromatic nitrogens is 2. The van der Waals surface area contributed by atoms with Crippen molar-refractivity contribution < 1.29 is 26.3 Å². The molecule has 1 aliphatic carbocycles. The Balaban J connectivity index is 2.17. The van der Waals surface area contributed by atoms with Gasteiger partial charge in [0.1, 0.15) is 11.3 Å². The Morgan fingerprint density at radius 1 is 1.00 bits per heavy atom. The lowest BCUT2D eigenvalue weighted by Gasteiger charge is -2.26. The molecule has 8 heteroatoms.